The van der Waals surface area contributed by atoms with Gasteiger partial charge in [-0.15, -0.1) is 0 Å². The third-order valence-electron chi connectivity index (χ3n) is 5.07. The van der Waals surface area contributed by atoms with E-state index in [2.05, 4.69) is 10.6 Å². The van der Waals surface area contributed by atoms with Gasteiger partial charge in [0.2, 0.25) is 17.7 Å². The second-order valence-corrected chi connectivity index (χ2v) is 9.66. The van der Waals surface area contributed by atoms with Crippen molar-refractivity contribution in [2.75, 3.05) is 19.7 Å². The van der Waals surface area contributed by atoms with Gasteiger partial charge in [-0.25, -0.2) is 4.79 Å². The molecule has 0 saturated heterocycles. The lowest BCUT2D eigenvalue weighted by Crippen LogP contribution is -2.54. The SMILES string of the molecule is CCOC(=O)CCNC(=O)C(c1cc(C)cc(C)c1)N(CC)C(=O)C(CC(N)=O)NC(=O)OC(C)(C)C. The topological polar surface area (TPSA) is 157 Å². The van der Waals surface area contributed by atoms with Crippen molar-refractivity contribution in [2.24, 2.45) is 5.73 Å². The van der Waals surface area contributed by atoms with Crippen molar-refractivity contribution in [3.8, 4) is 0 Å². The molecule has 4 amide bonds. The summed E-state index contributed by atoms with van der Waals surface area (Å²) < 4.78 is 10.1. The number of rotatable bonds is 12. The highest BCUT2D eigenvalue weighted by Gasteiger charge is 2.36. The standard InChI is InChI=1S/C26H40N4O7/c1-8-30(24(34)19(15-20(27)31)29-25(35)37-26(5,6)7)22(18-13-16(3)12-17(4)14-18)23(33)28-11-10-21(32)36-9-2/h12-14,19,22H,8-11,15H2,1-7H3,(H2,27,31)(H,28,33)(H,29,35). The zero-order valence-corrected chi connectivity index (χ0v) is 22.8. The van der Waals surface area contributed by atoms with Crippen molar-refractivity contribution in [3.05, 3.63) is 34.9 Å². The molecule has 0 aliphatic carbocycles. The van der Waals surface area contributed by atoms with Crippen LogP contribution in [0.2, 0.25) is 0 Å². The monoisotopic (exact) mass is 520 g/mol. The number of carbonyl (C=O) groups excluding carboxylic acids is 5. The number of amides is 4. The Labute approximate surface area is 218 Å². The Morgan fingerprint density at radius 2 is 1.62 bits per heavy atom. The molecule has 0 spiro atoms. The number of nitrogens with one attached hydrogen (secondary N) is 2. The summed E-state index contributed by atoms with van der Waals surface area (Å²) in [5.74, 6) is -2.49. The molecule has 0 fully saturated rings. The summed E-state index contributed by atoms with van der Waals surface area (Å²) >= 11 is 0. The van der Waals surface area contributed by atoms with E-state index in [4.69, 9.17) is 15.2 Å². The van der Waals surface area contributed by atoms with E-state index in [1.54, 1.807) is 46.8 Å². The van der Waals surface area contributed by atoms with Crippen molar-refractivity contribution in [2.45, 2.75) is 79.0 Å². The van der Waals surface area contributed by atoms with E-state index in [9.17, 15) is 24.0 Å². The average Bonchev–Trinajstić information content (AvgIpc) is 2.74. The molecule has 0 aromatic heterocycles. The third kappa shape index (κ3) is 10.9. The highest BCUT2D eigenvalue weighted by atomic mass is 16.6. The van der Waals surface area contributed by atoms with Crippen LogP contribution in [0.25, 0.3) is 0 Å². The van der Waals surface area contributed by atoms with E-state index >= 15 is 0 Å². The van der Waals surface area contributed by atoms with Gasteiger partial charge in [-0.05, 0) is 54.0 Å². The molecule has 0 bridgehead atoms. The van der Waals surface area contributed by atoms with Gasteiger partial charge in [-0.2, -0.15) is 0 Å². The molecule has 11 heteroatoms. The number of nitrogens with two attached hydrogens (primary N) is 1. The molecule has 11 nitrogen and oxygen atoms in total. The molecule has 1 aromatic carbocycles. The van der Waals surface area contributed by atoms with Crippen molar-refractivity contribution >= 4 is 29.8 Å². The maximum Gasteiger partial charge on any atom is 0.408 e. The Hall–Kier alpha value is -3.63. The third-order valence-corrected chi connectivity index (χ3v) is 5.07. The molecule has 2 atom stereocenters. The number of hydrogen-bond acceptors (Lipinski definition) is 7. The van der Waals surface area contributed by atoms with Gasteiger partial charge >= 0.3 is 12.1 Å². The number of carbonyl (C=O) groups is 5. The molecule has 0 saturated carbocycles. The smallest absolute Gasteiger partial charge is 0.408 e. The molecule has 4 N–H and O–H groups in total. The maximum atomic E-state index is 13.7. The summed E-state index contributed by atoms with van der Waals surface area (Å²) in [6, 6.07) is 3.03. The van der Waals surface area contributed by atoms with E-state index in [1.165, 1.54) is 4.90 Å². The highest BCUT2D eigenvalue weighted by Crippen LogP contribution is 2.25. The van der Waals surface area contributed by atoms with Gasteiger partial charge in [0.15, 0.2) is 0 Å². The first kappa shape index (κ1) is 31.4. The van der Waals surface area contributed by atoms with Gasteiger partial charge in [0.1, 0.15) is 17.7 Å². The fourth-order valence-corrected chi connectivity index (χ4v) is 3.78. The lowest BCUT2D eigenvalue weighted by molar-refractivity contribution is -0.144. The van der Waals surface area contributed by atoms with Crippen LogP contribution in [0.4, 0.5) is 4.79 Å². The van der Waals surface area contributed by atoms with Crippen LogP contribution in [0.15, 0.2) is 18.2 Å². The minimum atomic E-state index is -1.35. The number of alkyl carbamates (subject to hydrolysis) is 1. The number of hydrogen-bond donors (Lipinski definition) is 3. The normalized spacial score (nSPS) is 12.6. The van der Waals surface area contributed by atoms with Crippen LogP contribution in [0.5, 0.6) is 0 Å². The fourth-order valence-electron chi connectivity index (χ4n) is 3.78. The van der Waals surface area contributed by atoms with Crippen LogP contribution < -0.4 is 16.4 Å². The Morgan fingerprint density at radius 3 is 2.11 bits per heavy atom. The van der Waals surface area contributed by atoms with Crippen molar-refractivity contribution in [1.29, 1.82) is 0 Å². The number of primary amides is 1. The van der Waals surface area contributed by atoms with Crippen LogP contribution in [0, 0.1) is 13.8 Å². The number of aryl methyl sites for hydroxylation is 2. The maximum absolute atomic E-state index is 13.7. The summed E-state index contributed by atoms with van der Waals surface area (Å²) in [5, 5.41) is 5.11. The summed E-state index contributed by atoms with van der Waals surface area (Å²) in [6.07, 6.45) is -1.42. The minimum Gasteiger partial charge on any atom is -0.466 e. The lowest BCUT2D eigenvalue weighted by Gasteiger charge is -2.33. The van der Waals surface area contributed by atoms with Crippen LogP contribution >= 0.6 is 0 Å². The largest absolute Gasteiger partial charge is 0.466 e. The molecule has 0 aliphatic rings. The van der Waals surface area contributed by atoms with E-state index in [0.29, 0.717) is 5.56 Å². The molecule has 1 rings (SSSR count). The first-order valence-electron chi connectivity index (χ1n) is 12.3. The van der Waals surface area contributed by atoms with Gasteiger partial charge < -0.3 is 30.7 Å². The van der Waals surface area contributed by atoms with Crippen molar-refractivity contribution in [3.63, 3.8) is 0 Å². The number of likely N-dealkylation sites (N-methyl/N-ethyl adjacent to an activating group) is 1. The Bertz CT molecular complexity index is 967. The van der Waals surface area contributed by atoms with E-state index in [0.717, 1.165) is 11.1 Å². The van der Waals surface area contributed by atoms with E-state index in [1.807, 2.05) is 19.9 Å². The molecule has 2 unspecified atom stereocenters. The number of nitrogens with zero attached hydrogens (tertiary/aromatic N) is 1. The summed E-state index contributed by atoms with van der Waals surface area (Å²) in [4.78, 5) is 64.2. The number of ether oxygens (including phenoxy) is 2. The van der Waals surface area contributed by atoms with Gasteiger partial charge in [-0.3, -0.25) is 19.2 Å². The Morgan fingerprint density at radius 1 is 1.03 bits per heavy atom. The minimum absolute atomic E-state index is 0.00554. The van der Waals surface area contributed by atoms with E-state index < -0.39 is 53.9 Å². The van der Waals surface area contributed by atoms with Gasteiger partial charge in [0, 0.05) is 13.1 Å². The zero-order chi connectivity index (χ0) is 28.3. The first-order chi connectivity index (χ1) is 17.2. The predicted octanol–water partition coefficient (Wildman–Crippen LogP) is 2.03. The van der Waals surface area contributed by atoms with Crippen molar-refractivity contribution in [1.82, 2.24) is 15.5 Å². The average molecular weight is 521 g/mol. The molecule has 37 heavy (non-hydrogen) atoms. The molecule has 1 aromatic rings. The zero-order valence-electron chi connectivity index (χ0n) is 22.8. The second-order valence-electron chi connectivity index (χ2n) is 9.66. The lowest BCUT2D eigenvalue weighted by atomic mass is 9.98. The predicted molar refractivity (Wildman–Crippen MR) is 137 cm³/mol. The summed E-state index contributed by atoms with van der Waals surface area (Å²) in [6.45, 7) is 12.4. The van der Waals surface area contributed by atoms with Crippen LogP contribution in [0.3, 0.4) is 0 Å². The van der Waals surface area contributed by atoms with Gasteiger partial charge in [0.05, 0.1) is 19.4 Å². The number of benzene rings is 1. The van der Waals surface area contributed by atoms with Crippen LogP contribution in [0.1, 0.15) is 70.2 Å². The van der Waals surface area contributed by atoms with Crippen LogP contribution in [-0.2, 0) is 28.7 Å². The molecule has 0 aliphatic heterocycles. The van der Waals surface area contributed by atoms with Gasteiger partial charge in [0.25, 0.3) is 0 Å². The van der Waals surface area contributed by atoms with Crippen LogP contribution in [-0.4, -0.2) is 66.0 Å². The van der Waals surface area contributed by atoms with Crippen molar-refractivity contribution < 1.29 is 33.4 Å². The highest BCUT2D eigenvalue weighted by molar-refractivity contribution is 5.94. The molecule has 206 valence electrons. The Kier molecular flexibility index (Phi) is 12.0. The number of esters is 1. The molecular formula is C26H40N4O7. The van der Waals surface area contributed by atoms with Gasteiger partial charge in [-0.1, -0.05) is 29.3 Å². The molecule has 0 heterocycles. The second kappa shape index (κ2) is 14.2. The first-order valence-corrected chi connectivity index (χ1v) is 12.3. The molecule has 0 radical (unpaired) electrons. The Balaban J connectivity index is 3.35. The molecular weight excluding hydrogens is 480 g/mol. The quantitative estimate of drug-likeness (QED) is 0.356. The summed E-state index contributed by atoms with van der Waals surface area (Å²) in [5.41, 5.74) is 6.81. The van der Waals surface area contributed by atoms with E-state index in [-0.39, 0.29) is 26.1 Å². The summed E-state index contributed by atoms with van der Waals surface area (Å²) in [7, 11) is 0. The fraction of sp³-hybridized carbons (Fsp3) is 0.577.